The van der Waals surface area contributed by atoms with Crippen LogP contribution >= 0.6 is 12.2 Å². The summed E-state index contributed by atoms with van der Waals surface area (Å²) in [5.74, 6) is 0.774. The van der Waals surface area contributed by atoms with Gasteiger partial charge in [-0.3, -0.25) is 0 Å². The van der Waals surface area contributed by atoms with Gasteiger partial charge in [-0.05, 0) is 68.1 Å². The molecule has 1 N–H and O–H groups in total. The van der Waals surface area contributed by atoms with Gasteiger partial charge in [-0.25, -0.2) is 0 Å². The van der Waals surface area contributed by atoms with Gasteiger partial charge in [0, 0.05) is 18.3 Å². The van der Waals surface area contributed by atoms with Crippen molar-refractivity contribution in [3.8, 4) is 0 Å². The van der Waals surface area contributed by atoms with E-state index < -0.39 is 0 Å². The van der Waals surface area contributed by atoms with Crippen LogP contribution in [0, 0.1) is 12.8 Å². The fourth-order valence-corrected chi connectivity index (χ4v) is 3.28. The molecular weight excluding hydrogens is 300 g/mol. The number of aryl methyl sites for hydroxylation is 1. The SMILES string of the molecule is Cc1cccc(NC(=S)N(Cc2ccccc2)C(C)C2CC2)c1. The van der Waals surface area contributed by atoms with Gasteiger partial charge in [0.1, 0.15) is 0 Å². The Morgan fingerprint density at radius 2 is 1.91 bits per heavy atom. The third kappa shape index (κ3) is 4.32. The van der Waals surface area contributed by atoms with Crippen molar-refractivity contribution in [2.45, 2.75) is 39.3 Å². The molecule has 0 amide bonds. The lowest BCUT2D eigenvalue weighted by molar-refractivity contribution is 0.298. The van der Waals surface area contributed by atoms with Crippen LogP contribution in [0.3, 0.4) is 0 Å². The highest BCUT2D eigenvalue weighted by molar-refractivity contribution is 7.80. The van der Waals surface area contributed by atoms with Crippen molar-refractivity contribution in [1.82, 2.24) is 4.90 Å². The second-order valence-corrected chi connectivity index (χ2v) is 6.88. The summed E-state index contributed by atoms with van der Waals surface area (Å²) in [7, 11) is 0. The first-order valence-corrected chi connectivity index (χ1v) is 8.72. The van der Waals surface area contributed by atoms with Crippen LogP contribution in [0.2, 0.25) is 0 Å². The van der Waals surface area contributed by atoms with Crippen molar-refractivity contribution in [2.24, 2.45) is 5.92 Å². The summed E-state index contributed by atoms with van der Waals surface area (Å²) in [5, 5.41) is 4.24. The summed E-state index contributed by atoms with van der Waals surface area (Å²) in [6.07, 6.45) is 2.64. The van der Waals surface area contributed by atoms with Crippen LogP contribution in [-0.4, -0.2) is 16.1 Å². The summed E-state index contributed by atoms with van der Waals surface area (Å²) in [5.41, 5.74) is 3.60. The second kappa shape index (κ2) is 7.14. The van der Waals surface area contributed by atoms with Crippen molar-refractivity contribution < 1.29 is 0 Å². The maximum absolute atomic E-state index is 5.74. The Balaban J connectivity index is 1.75. The van der Waals surface area contributed by atoms with Gasteiger partial charge < -0.3 is 10.2 Å². The summed E-state index contributed by atoms with van der Waals surface area (Å²) in [6, 6.07) is 19.4. The van der Waals surface area contributed by atoms with Crippen molar-refractivity contribution >= 4 is 23.0 Å². The van der Waals surface area contributed by atoms with E-state index in [-0.39, 0.29) is 0 Å². The largest absolute Gasteiger partial charge is 0.342 e. The van der Waals surface area contributed by atoms with Gasteiger partial charge in [0.15, 0.2) is 5.11 Å². The molecule has 0 bridgehead atoms. The first-order valence-electron chi connectivity index (χ1n) is 8.31. The first-order chi connectivity index (χ1) is 11.1. The number of hydrogen-bond donors (Lipinski definition) is 1. The highest BCUT2D eigenvalue weighted by atomic mass is 32.1. The van der Waals surface area contributed by atoms with E-state index >= 15 is 0 Å². The summed E-state index contributed by atoms with van der Waals surface area (Å²) < 4.78 is 0. The molecule has 2 aromatic carbocycles. The third-order valence-electron chi connectivity index (χ3n) is 4.52. The zero-order valence-electron chi connectivity index (χ0n) is 13.8. The van der Waals surface area contributed by atoms with Crippen LogP contribution in [-0.2, 0) is 6.54 Å². The number of hydrogen-bond acceptors (Lipinski definition) is 1. The maximum Gasteiger partial charge on any atom is 0.173 e. The molecule has 3 heteroatoms. The van der Waals surface area contributed by atoms with Crippen LogP contribution in [0.5, 0.6) is 0 Å². The van der Waals surface area contributed by atoms with Gasteiger partial charge in [0.25, 0.3) is 0 Å². The van der Waals surface area contributed by atoms with Crippen molar-refractivity contribution in [2.75, 3.05) is 5.32 Å². The smallest absolute Gasteiger partial charge is 0.173 e. The van der Waals surface area contributed by atoms with E-state index in [1.807, 2.05) is 0 Å². The second-order valence-electron chi connectivity index (χ2n) is 6.49. The molecule has 0 saturated heterocycles. The summed E-state index contributed by atoms with van der Waals surface area (Å²) in [6.45, 7) is 5.25. The molecule has 3 rings (SSSR count). The van der Waals surface area contributed by atoms with Gasteiger partial charge in [-0.1, -0.05) is 42.5 Å². The molecular formula is C20H24N2S. The Hall–Kier alpha value is -1.87. The molecule has 1 unspecified atom stereocenters. The zero-order chi connectivity index (χ0) is 16.2. The predicted octanol–water partition coefficient (Wildman–Crippen LogP) is 4.99. The molecule has 0 spiro atoms. The Bertz CT molecular complexity index is 664. The topological polar surface area (TPSA) is 15.3 Å². The minimum absolute atomic E-state index is 0.472. The highest BCUT2D eigenvalue weighted by Gasteiger charge is 2.33. The molecule has 0 aliphatic heterocycles. The Kier molecular flexibility index (Phi) is 4.97. The summed E-state index contributed by atoms with van der Waals surface area (Å²) in [4.78, 5) is 2.34. The summed E-state index contributed by atoms with van der Waals surface area (Å²) >= 11 is 5.74. The molecule has 0 aromatic heterocycles. The van der Waals surface area contributed by atoms with E-state index in [9.17, 15) is 0 Å². The number of thiocarbonyl (C=S) groups is 1. The van der Waals surface area contributed by atoms with Crippen LogP contribution in [0.25, 0.3) is 0 Å². The van der Waals surface area contributed by atoms with Crippen LogP contribution in [0.15, 0.2) is 54.6 Å². The molecule has 1 aliphatic rings. The fourth-order valence-electron chi connectivity index (χ4n) is 2.93. The highest BCUT2D eigenvalue weighted by Crippen LogP contribution is 2.36. The quantitative estimate of drug-likeness (QED) is 0.780. The number of benzene rings is 2. The Labute approximate surface area is 144 Å². The molecule has 1 aliphatic carbocycles. The average molecular weight is 324 g/mol. The van der Waals surface area contributed by atoms with Gasteiger partial charge in [-0.2, -0.15) is 0 Å². The standard InChI is InChI=1S/C20H24N2S/c1-15-7-6-10-19(13-15)21-20(23)22(16(2)18-11-12-18)14-17-8-4-3-5-9-17/h3-10,13,16,18H,11-12,14H2,1-2H3,(H,21,23). The third-order valence-corrected chi connectivity index (χ3v) is 4.86. The van der Waals surface area contributed by atoms with Gasteiger partial charge in [0.05, 0.1) is 0 Å². The molecule has 0 radical (unpaired) electrons. The molecule has 1 atom stereocenters. The molecule has 1 fully saturated rings. The van der Waals surface area contributed by atoms with Gasteiger partial charge in [-0.15, -0.1) is 0 Å². The van der Waals surface area contributed by atoms with Crippen molar-refractivity contribution in [3.05, 3.63) is 65.7 Å². The number of anilines is 1. The molecule has 2 aromatic rings. The maximum atomic E-state index is 5.74. The van der Waals surface area contributed by atoms with E-state index in [0.717, 1.165) is 23.3 Å². The van der Waals surface area contributed by atoms with Crippen LogP contribution in [0.4, 0.5) is 5.69 Å². The molecule has 1 saturated carbocycles. The monoisotopic (exact) mass is 324 g/mol. The lowest BCUT2D eigenvalue weighted by Crippen LogP contribution is -2.41. The zero-order valence-corrected chi connectivity index (χ0v) is 14.6. The lowest BCUT2D eigenvalue weighted by Gasteiger charge is -2.32. The van der Waals surface area contributed by atoms with Crippen LogP contribution < -0.4 is 5.32 Å². The van der Waals surface area contributed by atoms with E-state index in [2.05, 4.69) is 78.7 Å². The van der Waals surface area contributed by atoms with Crippen molar-refractivity contribution in [1.29, 1.82) is 0 Å². The van der Waals surface area contributed by atoms with Crippen LogP contribution in [0.1, 0.15) is 30.9 Å². The normalized spacial score (nSPS) is 15.0. The first kappa shape index (κ1) is 16.0. The van der Waals surface area contributed by atoms with Crippen molar-refractivity contribution in [3.63, 3.8) is 0 Å². The minimum Gasteiger partial charge on any atom is -0.342 e. The lowest BCUT2D eigenvalue weighted by atomic mass is 10.1. The number of rotatable bonds is 5. The van der Waals surface area contributed by atoms with E-state index in [4.69, 9.17) is 12.2 Å². The fraction of sp³-hybridized carbons (Fsp3) is 0.350. The number of nitrogens with zero attached hydrogens (tertiary/aromatic N) is 1. The Morgan fingerprint density at radius 1 is 1.17 bits per heavy atom. The molecule has 120 valence electrons. The van der Waals surface area contributed by atoms with Gasteiger partial charge in [0.2, 0.25) is 0 Å². The number of nitrogens with one attached hydrogen (secondary N) is 1. The van der Waals surface area contributed by atoms with Gasteiger partial charge >= 0.3 is 0 Å². The van der Waals surface area contributed by atoms with E-state index in [1.165, 1.54) is 24.0 Å². The van der Waals surface area contributed by atoms with E-state index in [0.29, 0.717) is 6.04 Å². The molecule has 2 nitrogen and oxygen atoms in total. The predicted molar refractivity (Wildman–Crippen MR) is 102 cm³/mol. The molecule has 0 heterocycles. The molecule has 23 heavy (non-hydrogen) atoms. The van der Waals surface area contributed by atoms with E-state index in [1.54, 1.807) is 0 Å². The Morgan fingerprint density at radius 3 is 2.57 bits per heavy atom. The minimum atomic E-state index is 0.472. The average Bonchev–Trinajstić information content (AvgIpc) is 3.38.